The lowest BCUT2D eigenvalue weighted by Gasteiger charge is -2.09. The molecular formula is C13H14N2O4. The average molecular weight is 262 g/mol. The van der Waals surface area contributed by atoms with Crippen LogP contribution in [0, 0.1) is 21.4 Å². The van der Waals surface area contributed by atoms with Crippen LogP contribution in [0.4, 0.5) is 5.69 Å². The number of nitro benzene ring substituents is 1. The zero-order valence-electron chi connectivity index (χ0n) is 10.8. The predicted molar refractivity (Wildman–Crippen MR) is 67.5 cm³/mol. The topological polar surface area (TPSA) is 93.2 Å². The number of carbonyl (C=O) groups excluding carboxylic acids is 1. The van der Waals surface area contributed by atoms with Gasteiger partial charge in [-0.25, -0.2) is 0 Å². The van der Waals surface area contributed by atoms with Gasteiger partial charge in [0.2, 0.25) is 0 Å². The highest BCUT2D eigenvalue weighted by Gasteiger charge is 2.24. The first-order valence-electron chi connectivity index (χ1n) is 5.89. The van der Waals surface area contributed by atoms with Crippen molar-refractivity contribution in [1.29, 1.82) is 5.26 Å². The van der Waals surface area contributed by atoms with Crippen LogP contribution in [0.15, 0.2) is 12.1 Å². The molecule has 0 heterocycles. The lowest BCUT2D eigenvalue weighted by molar-refractivity contribution is -0.385. The van der Waals surface area contributed by atoms with Gasteiger partial charge >= 0.3 is 5.97 Å². The molecule has 19 heavy (non-hydrogen) atoms. The van der Waals surface area contributed by atoms with E-state index in [1.807, 2.05) is 6.92 Å². The monoisotopic (exact) mass is 262 g/mol. The molecule has 0 N–H and O–H groups in total. The lowest BCUT2D eigenvalue weighted by Crippen LogP contribution is -2.12. The molecule has 0 radical (unpaired) electrons. The van der Waals surface area contributed by atoms with Gasteiger partial charge in [-0.15, -0.1) is 0 Å². The molecule has 0 aliphatic rings. The fraction of sp³-hybridized carbons (Fsp3) is 0.385. The van der Waals surface area contributed by atoms with Gasteiger partial charge in [0.25, 0.3) is 5.69 Å². The Morgan fingerprint density at radius 2 is 2.16 bits per heavy atom. The summed E-state index contributed by atoms with van der Waals surface area (Å²) in [5, 5.41) is 20.0. The molecule has 6 nitrogen and oxygen atoms in total. The van der Waals surface area contributed by atoms with Crippen molar-refractivity contribution in [2.24, 2.45) is 0 Å². The molecule has 1 aromatic rings. The molecule has 0 bridgehead atoms. The highest BCUT2D eigenvalue weighted by molar-refractivity contribution is 5.76. The van der Waals surface area contributed by atoms with Crippen molar-refractivity contribution < 1.29 is 14.5 Å². The third-order valence-electron chi connectivity index (χ3n) is 2.69. The second kappa shape index (κ2) is 6.50. The quantitative estimate of drug-likeness (QED) is 0.460. The summed E-state index contributed by atoms with van der Waals surface area (Å²) in [5.41, 5.74) is 0.611. The molecule has 100 valence electrons. The van der Waals surface area contributed by atoms with Crippen molar-refractivity contribution in [1.82, 2.24) is 0 Å². The number of carbonyl (C=O) groups is 1. The molecule has 1 aromatic carbocycles. The lowest BCUT2D eigenvalue weighted by atomic mass is 9.97. The van der Waals surface area contributed by atoms with E-state index in [-0.39, 0.29) is 29.8 Å². The molecule has 0 aliphatic carbocycles. The normalized spacial score (nSPS) is 9.74. The number of aryl methyl sites for hydroxylation is 1. The standard InChI is InChI=1S/C13H14N2O4/c1-3-9-5-6-10(8-14)13(15(17)18)11(9)7-12(16)19-4-2/h5-6H,3-4,7H2,1-2H3. The van der Waals surface area contributed by atoms with Crippen LogP contribution >= 0.6 is 0 Å². The number of ether oxygens (including phenoxy) is 1. The van der Waals surface area contributed by atoms with E-state index >= 15 is 0 Å². The maximum absolute atomic E-state index is 11.5. The fourth-order valence-electron chi connectivity index (χ4n) is 1.86. The zero-order chi connectivity index (χ0) is 14.4. The Labute approximate surface area is 110 Å². The van der Waals surface area contributed by atoms with E-state index in [2.05, 4.69) is 0 Å². The molecule has 0 atom stereocenters. The first kappa shape index (κ1) is 14.6. The Morgan fingerprint density at radius 3 is 2.63 bits per heavy atom. The highest BCUT2D eigenvalue weighted by atomic mass is 16.6. The van der Waals surface area contributed by atoms with E-state index < -0.39 is 10.9 Å². The largest absolute Gasteiger partial charge is 0.466 e. The Hall–Kier alpha value is -2.42. The van der Waals surface area contributed by atoms with Gasteiger partial charge < -0.3 is 4.74 Å². The SMILES string of the molecule is CCOC(=O)Cc1c(CC)ccc(C#N)c1[N+](=O)[O-]. The minimum absolute atomic E-state index is 0.0403. The number of rotatable bonds is 5. The number of benzene rings is 1. The third kappa shape index (κ3) is 3.28. The summed E-state index contributed by atoms with van der Waals surface area (Å²) in [5.74, 6) is -0.532. The summed E-state index contributed by atoms with van der Waals surface area (Å²) in [6, 6.07) is 4.83. The van der Waals surface area contributed by atoms with Crippen LogP contribution < -0.4 is 0 Å². The zero-order valence-corrected chi connectivity index (χ0v) is 10.8. The second-order valence-corrected chi connectivity index (χ2v) is 3.80. The summed E-state index contributed by atoms with van der Waals surface area (Å²) in [7, 11) is 0. The van der Waals surface area contributed by atoms with Crippen LogP contribution in [0.5, 0.6) is 0 Å². The van der Waals surface area contributed by atoms with Crippen LogP contribution in [0.2, 0.25) is 0 Å². The summed E-state index contributed by atoms with van der Waals surface area (Å²) in [4.78, 5) is 22.0. The fourth-order valence-corrected chi connectivity index (χ4v) is 1.86. The van der Waals surface area contributed by atoms with E-state index in [9.17, 15) is 14.9 Å². The maximum atomic E-state index is 11.5. The molecule has 0 fully saturated rings. The molecule has 0 saturated carbocycles. The van der Waals surface area contributed by atoms with Crippen molar-refractivity contribution >= 4 is 11.7 Å². The number of nitriles is 1. The van der Waals surface area contributed by atoms with Crippen LogP contribution in [-0.2, 0) is 22.4 Å². The molecule has 0 amide bonds. The number of nitro groups is 1. The van der Waals surface area contributed by atoms with Gasteiger partial charge in [0.15, 0.2) is 0 Å². The molecule has 0 aliphatic heterocycles. The Balaban J connectivity index is 3.35. The number of hydrogen-bond donors (Lipinski definition) is 0. The Morgan fingerprint density at radius 1 is 1.47 bits per heavy atom. The van der Waals surface area contributed by atoms with Crippen molar-refractivity contribution in [2.75, 3.05) is 6.61 Å². The summed E-state index contributed by atoms with van der Waals surface area (Å²) >= 11 is 0. The van der Waals surface area contributed by atoms with E-state index in [4.69, 9.17) is 10.00 Å². The van der Waals surface area contributed by atoms with E-state index in [0.717, 1.165) is 0 Å². The van der Waals surface area contributed by atoms with Crippen LogP contribution in [0.3, 0.4) is 0 Å². The van der Waals surface area contributed by atoms with E-state index in [1.54, 1.807) is 19.1 Å². The molecule has 6 heteroatoms. The average Bonchev–Trinajstić information content (AvgIpc) is 2.37. The minimum atomic E-state index is -0.619. The Kier molecular flexibility index (Phi) is 5.01. The van der Waals surface area contributed by atoms with Gasteiger partial charge in [-0.3, -0.25) is 14.9 Å². The molecule has 0 aromatic heterocycles. The maximum Gasteiger partial charge on any atom is 0.310 e. The molecule has 0 unspecified atom stereocenters. The molecular weight excluding hydrogens is 248 g/mol. The summed E-state index contributed by atoms with van der Waals surface area (Å²) in [6.45, 7) is 3.71. The molecule has 1 rings (SSSR count). The second-order valence-electron chi connectivity index (χ2n) is 3.80. The van der Waals surface area contributed by atoms with Gasteiger partial charge in [-0.1, -0.05) is 13.0 Å². The predicted octanol–water partition coefficient (Wildman–Crippen LogP) is 2.13. The van der Waals surface area contributed by atoms with Crippen LogP contribution in [0.25, 0.3) is 0 Å². The Bertz CT molecular complexity index is 546. The van der Waals surface area contributed by atoms with Gasteiger partial charge in [-0.05, 0) is 25.0 Å². The van der Waals surface area contributed by atoms with Crippen LogP contribution in [-0.4, -0.2) is 17.5 Å². The number of esters is 1. The highest BCUT2D eigenvalue weighted by Crippen LogP contribution is 2.28. The smallest absolute Gasteiger partial charge is 0.310 e. The van der Waals surface area contributed by atoms with Gasteiger partial charge in [0, 0.05) is 5.56 Å². The number of hydrogen-bond acceptors (Lipinski definition) is 5. The first-order chi connectivity index (χ1) is 9.04. The van der Waals surface area contributed by atoms with E-state index in [0.29, 0.717) is 12.0 Å². The van der Waals surface area contributed by atoms with Crippen molar-refractivity contribution in [3.8, 4) is 6.07 Å². The van der Waals surface area contributed by atoms with Crippen molar-refractivity contribution in [2.45, 2.75) is 26.7 Å². The van der Waals surface area contributed by atoms with Gasteiger partial charge in [0.1, 0.15) is 11.6 Å². The number of nitrogens with zero attached hydrogens (tertiary/aromatic N) is 2. The first-order valence-corrected chi connectivity index (χ1v) is 5.89. The summed E-state index contributed by atoms with van der Waals surface area (Å²) < 4.78 is 4.81. The van der Waals surface area contributed by atoms with Crippen molar-refractivity contribution in [3.05, 3.63) is 38.9 Å². The van der Waals surface area contributed by atoms with Crippen LogP contribution in [0.1, 0.15) is 30.5 Å². The molecule has 0 saturated heterocycles. The van der Waals surface area contributed by atoms with Gasteiger partial charge in [0.05, 0.1) is 18.0 Å². The molecule has 0 spiro atoms. The minimum Gasteiger partial charge on any atom is -0.466 e. The van der Waals surface area contributed by atoms with E-state index in [1.165, 1.54) is 6.07 Å². The summed E-state index contributed by atoms with van der Waals surface area (Å²) in [6.07, 6.45) is 0.351. The third-order valence-corrected chi connectivity index (χ3v) is 2.69. The van der Waals surface area contributed by atoms with Gasteiger partial charge in [-0.2, -0.15) is 5.26 Å². The van der Waals surface area contributed by atoms with Crippen molar-refractivity contribution in [3.63, 3.8) is 0 Å².